The van der Waals surface area contributed by atoms with Crippen molar-refractivity contribution in [3.8, 4) is 0 Å². The molecule has 0 aromatic rings. The molecule has 0 radical (unpaired) electrons. The van der Waals surface area contributed by atoms with Gasteiger partial charge in [0.15, 0.2) is 0 Å². The number of carbonyl (C=O) groups excluding carboxylic acids is 1. The first kappa shape index (κ1) is 14.6. The monoisotopic (exact) mass is 260 g/mol. The van der Waals surface area contributed by atoms with Gasteiger partial charge in [0.05, 0.1) is 6.04 Å². The summed E-state index contributed by atoms with van der Waals surface area (Å²) >= 11 is 0. The summed E-state index contributed by atoms with van der Waals surface area (Å²) in [6.45, 7) is 3.31. The molecule has 0 saturated carbocycles. The van der Waals surface area contributed by atoms with Gasteiger partial charge in [0.25, 0.3) is 0 Å². The molecule has 0 bridgehead atoms. The van der Waals surface area contributed by atoms with E-state index in [0.717, 1.165) is 25.8 Å². The number of rotatable bonds is 4. The minimum absolute atomic E-state index is 0.0208. The maximum absolute atomic E-state index is 11.9. The lowest BCUT2D eigenvalue weighted by atomic mass is 10.0. The fraction of sp³-hybridized carbons (Fsp3) is 0.917. The zero-order valence-corrected chi connectivity index (χ0v) is 11.6. The highest BCUT2D eigenvalue weighted by atomic mass is 32.2. The Kier molecular flexibility index (Phi) is 6.73. The highest BCUT2D eigenvalue weighted by Crippen LogP contribution is 2.09. The maximum atomic E-state index is 11.9. The second-order valence-electron chi connectivity index (χ2n) is 4.76. The van der Waals surface area contributed by atoms with E-state index in [2.05, 4.69) is 10.6 Å². The molecule has 4 nitrogen and oxygen atoms in total. The summed E-state index contributed by atoms with van der Waals surface area (Å²) in [5, 5.41) is 6.19. The first-order valence-electron chi connectivity index (χ1n) is 6.44. The molecule has 100 valence electrons. The minimum Gasteiger partial charge on any atom is -0.354 e. The fourth-order valence-electron chi connectivity index (χ4n) is 1.91. The molecule has 1 heterocycles. The summed E-state index contributed by atoms with van der Waals surface area (Å²) in [4.78, 5) is 11.9. The molecule has 3 unspecified atom stereocenters. The highest BCUT2D eigenvalue weighted by molar-refractivity contribution is 7.84. The molecule has 0 spiro atoms. The van der Waals surface area contributed by atoms with E-state index in [9.17, 15) is 9.00 Å². The third kappa shape index (κ3) is 5.64. The van der Waals surface area contributed by atoms with Crippen LogP contribution >= 0.6 is 0 Å². The van der Waals surface area contributed by atoms with Crippen molar-refractivity contribution in [2.75, 3.05) is 19.3 Å². The first-order valence-corrected chi connectivity index (χ1v) is 8.06. The molecule has 2 N–H and O–H groups in total. The lowest BCUT2D eigenvalue weighted by Gasteiger charge is -2.21. The van der Waals surface area contributed by atoms with E-state index >= 15 is 0 Å². The Morgan fingerprint density at radius 1 is 1.41 bits per heavy atom. The zero-order valence-electron chi connectivity index (χ0n) is 10.8. The predicted molar refractivity (Wildman–Crippen MR) is 71.4 cm³/mol. The van der Waals surface area contributed by atoms with Gasteiger partial charge < -0.3 is 10.6 Å². The van der Waals surface area contributed by atoms with Crippen molar-refractivity contribution < 1.29 is 9.00 Å². The summed E-state index contributed by atoms with van der Waals surface area (Å²) in [6.07, 6.45) is 7.33. The van der Waals surface area contributed by atoms with Crippen molar-refractivity contribution >= 4 is 16.7 Å². The van der Waals surface area contributed by atoms with Crippen molar-refractivity contribution in [2.45, 2.75) is 50.3 Å². The molecule has 5 heteroatoms. The van der Waals surface area contributed by atoms with Crippen molar-refractivity contribution in [3.05, 3.63) is 0 Å². The van der Waals surface area contributed by atoms with Gasteiger partial charge in [-0.05, 0) is 26.3 Å². The Hall–Kier alpha value is -0.420. The molecule has 1 amide bonds. The van der Waals surface area contributed by atoms with E-state index in [0.29, 0.717) is 6.54 Å². The minimum atomic E-state index is -0.873. The van der Waals surface area contributed by atoms with Gasteiger partial charge in [-0.2, -0.15) is 0 Å². The molecule has 1 saturated heterocycles. The molecular weight excluding hydrogens is 236 g/mol. The number of nitrogens with one attached hydrogen (secondary N) is 2. The van der Waals surface area contributed by atoms with Crippen molar-refractivity contribution in [3.63, 3.8) is 0 Å². The van der Waals surface area contributed by atoms with Crippen molar-refractivity contribution in [1.29, 1.82) is 0 Å². The van der Waals surface area contributed by atoms with Crippen molar-refractivity contribution in [1.82, 2.24) is 10.6 Å². The van der Waals surface area contributed by atoms with Gasteiger partial charge in [0, 0.05) is 28.9 Å². The Balaban J connectivity index is 2.32. The maximum Gasteiger partial charge on any atom is 0.237 e. The third-order valence-electron chi connectivity index (χ3n) is 3.26. The zero-order chi connectivity index (χ0) is 12.7. The van der Waals surface area contributed by atoms with Gasteiger partial charge in [-0.3, -0.25) is 9.00 Å². The molecule has 1 fully saturated rings. The van der Waals surface area contributed by atoms with Crippen LogP contribution in [0.25, 0.3) is 0 Å². The van der Waals surface area contributed by atoms with E-state index in [4.69, 9.17) is 0 Å². The quantitative estimate of drug-likeness (QED) is 0.786. The number of hydrogen-bond donors (Lipinski definition) is 2. The molecule has 0 aromatic heterocycles. The first-order chi connectivity index (χ1) is 8.11. The van der Waals surface area contributed by atoms with Crippen LogP contribution in [0, 0.1) is 0 Å². The average Bonchev–Trinajstić information content (AvgIpc) is 2.24. The van der Waals surface area contributed by atoms with Crippen LogP contribution in [-0.2, 0) is 15.6 Å². The van der Waals surface area contributed by atoms with Gasteiger partial charge in [-0.15, -0.1) is 0 Å². The van der Waals surface area contributed by atoms with E-state index in [1.54, 1.807) is 6.26 Å². The topological polar surface area (TPSA) is 58.2 Å². The normalized spacial score (nSPS) is 25.4. The highest BCUT2D eigenvalue weighted by Gasteiger charge is 2.19. The Bertz CT molecular complexity index is 263. The van der Waals surface area contributed by atoms with E-state index in [1.807, 2.05) is 6.92 Å². The summed E-state index contributed by atoms with van der Waals surface area (Å²) < 4.78 is 11.2. The Morgan fingerprint density at radius 2 is 2.12 bits per heavy atom. The van der Waals surface area contributed by atoms with Gasteiger partial charge in [0.2, 0.25) is 5.91 Å². The fourth-order valence-corrected chi connectivity index (χ4v) is 2.23. The molecule has 0 aliphatic carbocycles. The van der Waals surface area contributed by atoms with E-state index < -0.39 is 10.8 Å². The van der Waals surface area contributed by atoms with E-state index in [1.165, 1.54) is 12.8 Å². The largest absolute Gasteiger partial charge is 0.354 e. The standard InChI is InChI=1S/C12H24N2O2S/c1-10(17(2)16)9-14-12(15)11-7-5-3-4-6-8-13-11/h10-11,13H,3-9H2,1-2H3,(H,14,15). The molecule has 1 rings (SSSR count). The van der Waals surface area contributed by atoms with Gasteiger partial charge in [-0.1, -0.05) is 19.3 Å². The Morgan fingerprint density at radius 3 is 2.82 bits per heavy atom. The van der Waals surface area contributed by atoms with Crippen LogP contribution in [0.2, 0.25) is 0 Å². The third-order valence-corrected chi connectivity index (χ3v) is 4.56. The van der Waals surface area contributed by atoms with Crippen LogP contribution in [0.1, 0.15) is 39.0 Å². The second-order valence-corrected chi connectivity index (χ2v) is 6.57. The molecule has 1 aliphatic rings. The lowest BCUT2D eigenvalue weighted by Crippen LogP contribution is -2.47. The average molecular weight is 260 g/mol. The molecule has 3 atom stereocenters. The SMILES string of the molecule is CC(CNC(=O)C1CCCCCCN1)S(C)=O. The second kappa shape index (κ2) is 7.82. The predicted octanol–water partition coefficient (Wildman–Crippen LogP) is 0.792. The van der Waals surface area contributed by atoms with Crippen LogP contribution in [0.15, 0.2) is 0 Å². The summed E-state index contributed by atoms with van der Waals surface area (Å²) in [5.74, 6) is 0.0594. The summed E-state index contributed by atoms with van der Waals surface area (Å²) in [6, 6.07) is -0.0622. The van der Waals surface area contributed by atoms with Gasteiger partial charge in [-0.25, -0.2) is 0 Å². The van der Waals surface area contributed by atoms with Crippen LogP contribution in [0.3, 0.4) is 0 Å². The molecule has 17 heavy (non-hydrogen) atoms. The van der Waals surface area contributed by atoms with Crippen LogP contribution in [-0.4, -0.2) is 40.8 Å². The molecular formula is C12H24N2O2S. The van der Waals surface area contributed by atoms with Crippen LogP contribution in [0.5, 0.6) is 0 Å². The van der Waals surface area contributed by atoms with Crippen molar-refractivity contribution in [2.24, 2.45) is 0 Å². The Labute approximate surface area is 106 Å². The van der Waals surface area contributed by atoms with E-state index in [-0.39, 0.29) is 17.2 Å². The van der Waals surface area contributed by atoms with Gasteiger partial charge >= 0.3 is 0 Å². The number of amides is 1. The lowest BCUT2D eigenvalue weighted by molar-refractivity contribution is -0.123. The number of carbonyl (C=O) groups is 1. The van der Waals surface area contributed by atoms with Crippen LogP contribution < -0.4 is 10.6 Å². The molecule has 1 aliphatic heterocycles. The van der Waals surface area contributed by atoms with Gasteiger partial charge in [0.1, 0.15) is 0 Å². The smallest absolute Gasteiger partial charge is 0.237 e. The number of hydrogen-bond acceptors (Lipinski definition) is 3. The summed E-state index contributed by atoms with van der Waals surface area (Å²) in [5.41, 5.74) is 0. The summed E-state index contributed by atoms with van der Waals surface area (Å²) in [7, 11) is -0.873. The van der Waals surface area contributed by atoms with Crippen LogP contribution in [0.4, 0.5) is 0 Å². The molecule has 0 aromatic carbocycles.